The minimum absolute atomic E-state index is 0.0666. The molecule has 3 rings (SSSR count). The van der Waals surface area contributed by atoms with Crippen LogP contribution in [0.25, 0.3) is 0 Å². The molecule has 5 nitrogen and oxygen atoms in total. The zero-order valence-corrected chi connectivity index (χ0v) is 16.1. The van der Waals surface area contributed by atoms with E-state index in [2.05, 4.69) is 20.1 Å². The molecule has 0 spiro atoms. The first-order valence-electron chi connectivity index (χ1n) is 8.69. The van der Waals surface area contributed by atoms with Gasteiger partial charge in [-0.25, -0.2) is 0 Å². The van der Waals surface area contributed by atoms with Crippen LogP contribution in [0.15, 0.2) is 29.4 Å². The number of halogens is 1. The van der Waals surface area contributed by atoms with Gasteiger partial charge in [-0.05, 0) is 44.9 Å². The number of aromatic nitrogens is 3. The molecule has 1 aromatic heterocycles. The Labute approximate surface area is 157 Å². The van der Waals surface area contributed by atoms with Crippen molar-refractivity contribution >= 4 is 35.0 Å². The molecule has 134 valence electrons. The molecule has 2 aromatic rings. The number of benzene rings is 1. The average Bonchev–Trinajstić information content (AvgIpc) is 2.96. The molecule has 1 N–H and O–H groups in total. The highest BCUT2D eigenvalue weighted by Crippen LogP contribution is 2.33. The maximum absolute atomic E-state index is 12.5. The second kappa shape index (κ2) is 8.23. The molecule has 0 unspecified atom stereocenters. The summed E-state index contributed by atoms with van der Waals surface area (Å²) >= 11 is 7.43. The van der Waals surface area contributed by atoms with Crippen LogP contribution < -0.4 is 5.32 Å². The summed E-state index contributed by atoms with van der Waals surface area (Å²) in [5.41, 5.74) is 0.704. The molecule has 1 heterocycles. The normalized spacial score (nSPS) is 16.6. The molecule has 1 fully saturated rings. The van der Waals surface area contributed by atoms with Crippen molar-refractivity contribution < 1.29 is 4.79 Å². The molecule has 1 aliphatic rings. The number of nitrogens with one attached hydrogen (secondary N) is 1. The fourth-order valence-electron chi connectivity index (χ4n) is 3.21. The van der Waals surface area contributed by atoms with Crippen molar-refractivity contribution in [3.8, 4) is 0 Å². The molecule has 1 aliphatic carbocycles. The van der Waals surface area contributed by atoms with Crippen LogP contribution in [-0.2, 0) is 4.79 Å². The fraction of sp³-hybridized carbons (Fsp3) is 0.500. The van der Waals surface area contributed by atoms with Crippen LogP contribution >= 0.6 is 23.4 Å². The average molecular weight is 379 g/mol. The first-order chi connectivity index (χ1) is 12.0. The number of nitrogens with zero attached hydrogens (tertiary/aromatic N) is 3. The predicted octanol–water partition coefficient (Wildman–Crippen LogP) is 4.86. The lowest BCUT2D eigenvalue weighted by molar-refractivity contribution is -0.115. The van der Waals surface area contributed by atoms with Gasteiger partial charge >= 0.3 is 0 Å². The summed E-state index contributed by atoms with van der Waals surface area (Å²) in [5, 5.41) is 12.6. The lowest BCUT2D eigenvalue weighted by Crippen LogP contribution is -2.23. The quantitative estimate of drug-likeness (QED) is 0.754. The Kier molecular flexibility index (Phi) is 6.02. The van der Waals surface area contributed by atoms with Crippen LogP contribution in [0.5, 0.6) is 0 Å². The molecule has 1 saturated carbocycles. The Balaban J connectivity index is 1.68. The van der Waals surface area contributed by atoms with Crippen LogP contribution in [-0.4, -0.2) is 25.9 Å². The van der Waals surface area contributed by atoms with Crippen LogP contribution in [0.4, 0.5) is 5.69 Å². The van der Waals surface area contributed by atoms with E-state index in [1.807, 2.05) is 26.0 Å². The number of thioether (sulfide) groups is 1. The number of carbonyl (C=O) groups excluding carboxylic acids is 1. The van der Waals surface area contributed by atoms with E-state index in [1.165, 1.54) is 31.0 Å². The van der Waals surface area contributed by atoms with Gasteiger partial charge in [0.1, 0.15) is 5.82 Å². The van der Waals surface area contributed by atoms with Crippen molar-refractivity contribution in [1.29, 1.82) is 0 Å². The third kappa shape index (κ3) is 4.55. The van der Waals surface area contributed by atoms with Gasteiger partial charge in [-0.15, -0.1) is 10.2 Å². The first-order valence-corrected chi connectivity index (χ1v) is 9.95. The number of carbonyl (C=O) groups is 1. The van der Waals surface area contributed by atoms with Crippen molar-refractivity contribution in [1.82, 2.24) is 14.8 Å². The summed E-state index contributed by atoms with van der Waals surface area (Å²) in [6.45, 7) is 3.88. The molecular weight excluding hydrogens is 356 g/mol. The molecule has 1 atom stereocenters. The molecule has 0 saturated heterocycles. The minimum atomic E-state index is -0.273. The summed E-state index contributed by atoms with van der Waals surface area (Å²) in [5.74, 6) is 0.861. The minimum Gasteiger partial charge on any atom is -0.325 e. The molecule has 7 heteroatoms. The van der Waals surface area contributed by atoms with E-state index in [4.69, 9.17) is 11.6 Å². The highest BCUT2D eigenvalue weighted by atomic mass is 35.5. The highest BCUT2D eigenvalue weighted by molar-refractivity contribution is 8.00. The number of aryl methyl sites for hydroxylation is 1. The van der Waals surface area contributed by atoms with E-state index >= 15 is 0 Å². The summed E-state index contributed by atoms with van der Waals surface area (Å²) < 4.78 is 2.22. The summed E-state index contributed by atoms with van der Waals surface area (Å²) in [6.07, 6.45) is 6.12. The van der Waals surface area contributed by atoms with Crippen LogP contribution in [0.3, 0.4) is 0 Å². The Bertz CT molecular complexity index is 742. The number of hydrogen-bond donors (Lipinski definition) is 1. The zero-order valence-electron chi connectivity index (χ0n) is 14.5. The van der Waals surface area contributed by atoms with Crippen LogP contribution in [0.2, 0.25) is 5.02 Å². The van der Waals surface area contributed by atoms with Crippen molar-refractivity contribution in [3.05, 3.63) is 35.1 Å². The van der Waals surface area contributed by atoms with E-state index in [9.17, 15) is 4.79 Å². The molecule has 25 heavy (non-hydrogen) atoms. The third-order valence-electron chi connectivity index (χ3n) is 4.52. The zero-order chi connectivity index (χ0) is 17.8. The van der Waals surface area contributed by atoms with E-state index in [1.54, 1.807) is 12.1 Å². The van der Waals surface area contributed by atoms with Gasteiger partial charge in [-0.2, -0.15) is 0 Å². The van der Waals surface area contributed by atoms with E-state index in [0.29, 0.717) is 16.8 Å². The lowest BCUT2D eigenvalue weighted by Gasteiger charge is -2.25. The summed E-state index contributed by atoms with van der Waals surface area (Å²) in [7, 11) is 0. The summed E-state index contributed by atoms with van der Waals surface area (Å²) in [6, 6.07) is 7.62. The van der Waals surface area contributed by atoms with Crippen molar-refractivity contribution in [3.63, 3.8) is 0 Å². The number of rotatable bonds is 5. The maximum Gasteiger partial charge on any atom is 0.237 e. The molecule has 1 amide bonds. The largest absolute Gasteiger partial charge is 0.325 e. The Morgan fingerprint density at radius 1 is 1.32 bits per heavy atom. The smallest absolute Gasteiger partial charge is 0.237 e. The van der Waals surface area contributed by atoms with E-state index in [0.717, 1.165) is 23.8 Å². The van der Waals surface area contributed by atoms with Gasteiger partial charge < -0.3 is 9.88 Å². The fourth-order valence-corrected chi connectivity index (χ4v) is 4.37. The molecule has 0 aliphatic heterocycles. The lowest BCUT2D eigenvalue weighted by atomic mass is 9.95. The Hall–Kier alpha value is -1.53. The summed E-state index contributed by atoms with van der Waals surface area (Å²) in [4.78, 5) is 12.5. The topological polar surface area (TPSA) is 59.8 Å². The molecular formula is C18H23ClN4OS. The van der Waals surface area contributed by atoms with Crippen molar-refractivity contribution in [2.45, 2.75) is 62.4 Å². The number of hydrogen-bond acceptors (Lipinski definition) is 4. The van der Waals surface area contributed by atoms with Gasteiger partial charge in [0.15, 0.2) is 5.16 Å². The second-order valence-electron chi connectivity index (χ2n) is 6.45. The van der Waals surface area contributed by atoms with Crippen molar-refractivity contribution in [2.24, 2.45) is 0 Å². The molecule has 0 bridgehead atoms. The van der Waals surface area contributed by atoms with Gasteiger partial charge in [-0.3, -0.25) is 4.79 Å². The van der Waals surface area contributed by atoms with Gasteiger partial charge in [-0.1, -0.05) is 48.7 Å². The third-order valence-corrected chi connectivity index (χ3v) is 5.81. The first kappa shape index (κ1) is 18.3. The van der Waals surface area contributed by atoms with E-state index < -0.39 is 0 Å². The number of anilines is 1. The van der Waals surface area contributed by atoms with Crippen molar-refractivity contribution in [2.75, 3.05) is 5.32 Å². The monoisotopic (exact) mass is 378 g/mol. The number of amides is 1. The Morgan fingerprint density at radius 3 is 2.80 bits per heavy atom. The van der Waals surface area contributed by atoms with Crippen LogP contribution in [0, 0.1) is 6.92 Å². The van der Waals surface area contributed by atoms with Gasteiger partial charge in [0, 0.05) is 16.8 Å². The predicted molar refractivity (Wildman–Crippen MR) is 102 cm³/mol. The SMILES string of the molecule is Cc1nnc(S[C@@H](C)C(=O)Nc2cccc(Cl)c2)n1C1CCCCC1. The molecule has 0 radical (unpaired) electrons. The standard InChI is InChI=1S/C18H23ClN4OS/c1-12(17(24)20-15-8-6-7-14(19)11-15)25-18-22-21-13(2)23(18)16-9-4-3-5-10-16/h6-8,11-12,16H,3-5,9-10H2,1-2H3,(H,20,24)/t12-/m0/s1. The van der Waals surface area contributed by atoms with Gasteiger partial charge in [0.05, 0.1) is 5.25 Å². The Morgan fingerprint density at radius 2 is 2.08 bits per heavy atom. The molecule has 1 aromatic carbocycles. The van der Waals surface area contributed by atoms with Gasteiger partial charge in [0.25, 0.3) is 0 Å². The highest BCUT2D eigenvalue weighted by Gasteiger charge is 2.24. The van der Waals surface area contributed by atoms with Gasteiger partial charge in [0.2, 0.25) is 5.91 Å². The van der Waals surface area contributed by atoms with Crippen LogP contribution in [0.1, 0.15) is 50.9 Å². The second-order valence-corrected chi connectivity index (χ2v) is 8.20. The van der Waals surface area contributed by atoms with E-state index in [-0.39, 0.29) is 11.2 Å². The maximum atomic E-state index is 12.5.